The smallest absolute Gasteiger partial charge is 0.306 e. The van der Waals surface area contributed by atoms with Gasteiger partial charge in [0.05, 0.1) is 0 Å². The predicted molar refractivity (Wildman–Crippen MR) is 325 cm³/mol. The SMILES string of the molecule is CCCCC/C=C\C/C=C\CCCCCCCCCCCC(=O)OC(COC(=O)CCCCCCCCC)COC(=O)CCCCCCCCCCCCCCCCCCCCC/C=C\C/C=C\CCCCCCC. The molecule has 0 aliphatic heterocycles. The number of rotatable bonds is 61. The third kappa shape index (κ3) is 62.1. The highest BCUT2D eigenvalue weighted by Gasteiger charge is 2.19. The molecule has 75 heavy (non-hydrogen) atoms. The molecule has 1 atom stereocenters. The Morgan fingerprint density at radius 1 is 0.267 bits per heavy atom. The fraction of sp³-hybridized carbons (Fsp3) is 0.841. The topological polar surface area (TPSA) is 78.9 Å². The van der Waals surface area contributed by atoms with E-state index in [4.69, 9.17) is 14.2 Å². The van der Waals surface area contributed by atoms with Gasteiger partial charge in [-0.2, -0.15) is 0 Å². The summed E-state index contributed by atoms with van der Waals surface area (Å²) in [6, 6.07) is 0. The molecule has 0 bridgehead atoms. The lowest BCUT2D eigenvalue weighted by molar-refractivity contribution is -0.167. The summed E-state index contributed by atoms with van der Waals surface area (Å²) in [6.07, 6.45) is 80.2. The highest BCUT2D eigenvalue weighted by atomic mass is 16.6. The third-order valence-electron chi connectivity index (χ3n) is 14.8. The van der Waals surface area contributed by atoms with E-state index in [1.54, 1.807) is 0 Å². The van der Waals surface area contributed by atoms with Gasteiger partial charge in [0, 0.05) is 19.3 Å². The van der Waals surface area contributed by atoms with Crippen molar-refractivity contribution >= 4 is 17.9 Å². The van der Waals surface area contributed by atoms with Crippen molar-refractivity contribution in [2.75, 3.05) is 13.2 Å². The van der Waals surface area contributed by atoms with E-state index in [1.807, 2.05) is 0 Å². The van der Waals surface area contributed by atoms with Gasteiger partial charge in [-0.05, 0) is 83.5 Å². The molecule has 0 amide bonds. The van der Waals surface area contributed by atoms with Crippen LogP contribution in [0.2, 0.25) is 0 Å². The highest BCUT2D eigenvalue weighted by Crippen LogP contribution is 2.17. The van der Waals surface area contributed by atoms with Gasteiger partial charge in [-0.1, -0.05) is 301 Å². The summed E-state index contributed by atoms with van der Waals surface area (Å²) in [5.41, 5.74) is 0. The first-order chi connectivity index (χ1) is 37.0. The van der Waals surface area contributed by atoms with E-state index in [0.29, 0.717) is 19.3 Å². The maximum atomic E-state index is 12.8. The molecule has 0 saturated heterocycles. The number of esters is 3. The molecule has 0 fully saturated rings. The average Bonchev–Trinajstić information content (AvgIpc) is 3.41. The Balaban J connectivity index is 4.02. The lowest BCUT2D eigenvalue weighted by atomic mass is 10.0. The normalized spacial score (nSPS) is 12.3. The summed E-state index contributed by atoms with van der Waals surface area (Å²) >= 11 is 0. The molecule has 0 aliphatic carbocycles. The van der Waals surface area contributed by atoms with Crippen LogP contribution in [0, 0.1) is 0 Å². The number of hydrogen-bond acceptors (Lipinski definition) is 6. The Morgan fingerprint density at radius 3 is 0.760 bits per heavy atom. The monoisotopic (exact) mass is 1050 g/mol. The molecule has 0 aliphatic rings. The van der Waals surface area contributed by atoms with Crippen molar-refractivity contribution in [2.45, 2.75) is 361 Å². The summed E-state index contributed by atoms with van der Waals surface area (Å²) in [4.78, 5) is 38.1. The zero-order chi connectivity index (χ0) is 54.3. The number of ether oxygens (including phenoxy) is 3. The van der Waals surface area contributed by atoms with Crippen LogP contribution in [0.3, 0.4) is 0 Å². The molecule has 0 saturated carbocycles. The maximum absolute atomic E-state index is 12.8. The second kappa shape index (κ2) is 63.9. The molecule has 6 heteroatoms. The minimum Gasteiger partial charge on any atom is -0.462 e. The zero-order valence-corrected chi connectivity index (χ0v) is 50.3. The quantitative estimate of drug-likeness (QED) is 0.0261. The van der Waals surface area contributed by atoms with E-state index >= 15 is 0 Å². The molecule has 0 aromatic heterocycles. The molecule has 0 N–H and O–H groups in total. The first-order valence-corrected chi connectivity index (χ1v) is 33.1. The average molecular weight is 1050 g/mol. The fourth-order valence-corrected chi connectivity index (χ4v) is 9.80. The Labute approximate surface area is 467 Å². The van der Waals surface area contributed by atoms with Gasteiger partial charge in [0.15, 0.2) is 6.10 Å². The molecular formula is C69H126O6. The van der Waals surface area contributed by atoms with Gasteiger partial charge in [0.2, 0.25) is 0 Å². The molecule has 0 aromatic rings. The van der Waals surface area contributed by atoms with Crippen molar-refractivity contribution in [2.24, 2.45) is 0 Å². The summed E-state index contributed by atoms with van der Waals surface area (Å²) in [5, 5.41) is 0. The summed E-state index contributed by atoms with van der Waals surface area (Å²) < 4.78 is 16.8. The minimum atomic E-state index is -0.771. The van der Waals surface area contributed by atoms with Crippen molar-refractivity contribution in [3.8, 4) is 0 Å². The van der Waals surface area contributed by atoms with E-state index < -0.39 is 6.10 Å². The van der Waals surface area contributed by atoms with E-state index in [9.17, 15) is 14.4 Å². The van der Waals surface area contributed by atoms with Crippen molar-refractivity contribution in [1.29, 1.82) is 0 Å². The lowest BCUT2D eigenvalue weighted by Gasteiger charge is -2.18. The minimum absolute atomic E-state index is 0.0705. The fourth-order valence-electron chi connectivity index (χ4n) is 9.80. The van der Waals surface area contributed by atoms with Crippen LogP contribution in [0.5, 0.6) is 0 Å². The number of carbonyl (C=O) groups excluding carboxylic acids is 3. The number of unbranched alkanes of at least 4 members (excludes halogenated alkanes) is 42. The summed E-state index contributed by atoms with van der Waals surface area (Å²) in [5.74, 6) is -0.862. The summed E-state index contributed by atoms with van der Waals surface area (Å²) in [6.45, 7) is 6.61. The van der Waals surface area contributed by atoms with E-state index in [-0.39, 0.29) is 31.1 Å². The van der Waals surface area contributed by atoms with Crippen LogP contribution in [0.25, 0.3) is 0 Å². The van der Waals surface area contributed by atoms with Gasteiger partial charge in [-0.25, -0.2) is 0 Å². The van der Waals surface area contributed by atoms with Gasteiger partial charge in [0.25, 0.3) is 0 Å². The largest absolute Gasteiger partial charge is 0.462 e. The van der Waals surface area contributed by atoms with Crippen LogP contribution in [-0.2, 0) is 28.6 Å². The number of allylic oxidation sites excluding steroid dienone is 8. The van der Waals surface area contributed by atoms with Crippen molar-refractivity contribution in [3.05, 3.63) is 48.6 Å². The Morgan fingerprint density at radius 2 is 0.480 bits per heavy atom. The molecule has 1 unspecified atom stereocenters. The van der Waals surface area contributed by atoms with Crippen LogP contribution in [0.15, 0.2) is 48.6 Å². The molecule has 438 valence electrons. The standard InChI is InChI=1S/C69H126O6/c1-4-7-10-13-16-18-20-22-24-26-28-29-30-31-32-33-34-35-36-37-38-39-41-42-44-46-48-50-53-56-59-62-68(71)74-65-66(64-73-67(70)61-58-55-52-15-12-9-6-3)75-69(72)63-60-57-54-51-49-47-45-43-40-27-25-23-21-19-17-14-11-8-5-2/h17,19-20,22-23,25-26,28,66H,4-16,18,21,24,27,29-65H2,1-3H3/b19-17-,22-20-,25-23-,28-26-. The predicted octanol–water partition coefficient (Wildman–Crippen LogP) is 22.6. The molecule has 0 radical (unpaired) electrons. The molecule has 0 spiro atoms. The summed E-state index contributed by atoms with van der Waals surface area (Å²) in [7, 11) is 0. The van der Waals surface area contributed by atoms with Crippen molar-refractivity contribution < 1.29 is 28.6 Å². The molecule has 6 nitrogen and oxygen atoms in total. The molecular weight excluding hydrogens is 925 g/mol. The van der Waals surface area contributed by atoms with Crippen molar-refractivity contribution in [1.82, 2.24) is 0 Å². The Hall–Kier alpha value is -2.63. The van der Waals surface area contributed by atoms with Crippen LogP contribution >= 0.6 is 0 Å². The Bertz CT molecular complexity index is 1300. The first-order valence-electron chi connectivity index (χ1n) is 33.1. The lowest BCUT2D eigenvalue weighted by Crippen LogP contribution is -2.30. The van der Waals surface area contributed by atoms with Crippen molar-refractivity contribution in [3.63, 3.8) is 0 Å². The second-order valence-electron chi connectivity index (χ2n) is 22.4. The molecule has 0 heterocycles. The van der Waals surface area contributed by atoms with Gasteiger partial charge in [-0.15, -0.1) is 0 Å². The van der Waals surface area contributed by atoms with Crippen LogP contribution < -0.4 is 0 Å². The number of carbonyl (C=O) groups is 3. The maximum Gasteiger partial charge on any atom is 0.306 e. The van der Waals surface area contributed by atoms with Gasteiger partial charge < -0.3 is 14.2 Å². The van der Waals surface area contributed by atoms with Gasteiger partial charge in [0.1, 0.15) is 13.2 Å². The Kier molecular flexibility index (Phi) is 61.7. The van der Waals surface area contributed by atoms with Crippen LogP contribution in [-0.4, -0.2) is 37.2 Å². The van der Waals surface area contributed by atoms with E-state index in [0.717, 1.165) is 70.6 Å². The van der Waals surface area contributed by atoms with Crippen LogP contribution in [0.4, 0.5) is 0 Å². The molecule has 0 rings (SSSR count). The van der Waals surface area contributed by atoms with E-state index in [1.165, 1.54) is 244 Å². The molecule has 0 aromatic carbocycles. The second-order valence-corrected chi connectivity index (χ2v) is 22.4. The third-order valence-corrected chi connectivity index (χ3v) is 14.8. The zero-order valence-electron chi connectivity index (χ0n) is 50.3. The van der Waals surface area contributed by atoms with E-state index in [2.05, 4.69) is 69.4 Å². The van der Waals surface area contributed by atoms with Gasteiger partial charge in [-0.3, -0.25) is 14.4 Å². The number of hydrogen-bond donors (Lipinski definition) is 0. The van der Waals surface area contributed by atoms with Crippen LogP contribution in [0.1, 0.15) is 355 Å². The van der Waals surface area contributed by atoms with Gasteiger partial charge >= 0.3 is 17.9 Å². The first kappa shape index (κ1) is 72.4. The highest BCUT2D eigenvalue weighted by molar-refractivity contribution is 5.71.